The van der Waals surface area contributed by atoms with Crippen molar-refractivity contribution >= 4 is 36.2 Å². The van der Waals surface area contributed by atoms with Crippen molar-refractivity contribution in [1.29, 1.82) is 0 Å². The first kappa shape index (κ1) is 27.4. The van der Waals surface area contributed by atoms with E-state index < -0.39 is 51.9 Å². The van der Waals surface area contributed by atoms with Crippen molar-refractivity contribution < 1.29 is 26.0 Å². The first-order chi connectivity index (χ1) is 19.2. The summed E-state index contributed by atoms with van der Waals surface area (Å²) in [5.74, 6) is -2.49. The maximum atomic E-state index is 18.0. The summed E-state index contributed by atoms with van der Waals surface area (Å²) in [4.78, 5) is 12.5. The van der Waals surface area contributed by atoms with Crippen LogP contribution in [-0.4, -0.2) is 27.0 Å². The van der Waals surface area contributed by atoms with E-state index in [4.69, 9.17) is 0 Å². The van der Waals surface area contributed by atoms with E-state index in [2.05, 4.69) is 0 Å². The van der Waals surface area contributed by atoms with Crippen molar-refractivity contribution in [2.75, 3.05) is 0 Å². The van der Waals surface area contributed by atoms with Gasteiger partial charge in [-0.1, -0.05) is 109 Å². The molecule has 0 amide bonds. The lowest BCUT2D eigenvalue weighted by Crippen LogP contribution is -2.48. The highest BCUT2D eigenvalue weighted by Crippen LogP contribution is 2.49. The molecule has 202 valence electrons. The second kappa shape index (κ2) is 10.8. The molecule has 0 aliphatic heterocycles. The Labute approximate surface area is 232 Å². The van der Waals surface area contributed by atoms with E-state index in [1.807, 2.05) is 12.1 Å². The maximum Gasteiger partial charge on any atom is 0.324 e. The molecule has 1 atom stereocenters. The van der Waals surface area contributed by atoms with Crippen molar-refractivity contribution in [2.45, 2.75) is 26.5 Å². The molecular weight excluding hydrogens is 547 g/mol. The van der Waals surface area contributed by atoms with Gasteiger partial charge in [-0.05, 0) is 40.6 Å². The Balaban J connectivity index is 1.82. The number of hydrogen-bond acceptors (Lipinski definition) is 5. The van der Waals surface area contributed by atoms with Gasteiger partial charge in [-0.15, -0.1) is 0 Å². The normalized spacial score (nSPS) is 13.1. The summed E-state index contributed by atoms with van der Waals surface area (Å²) < 4.78 is 70.9. The lowest BCUT2D eigenvalue weighted by Gasteiger charge is -2.33. The number of rotatable bonds is 9. The smallest absolute Gasteiger partial charge is 0.294 e. The molecule has 0 fully saturated rings. The minimum absolute atomic E-state index is 0.0736. The third-order valence-electron chi connectivity index (χ3n) is 6.92. The second-order valence-corrected chi connectivity index (χ2v) is 13.8. The molecule has 5 rings (SSSR count). The summed E-state index contributed by atoms with van der Waals surface area (Å²) >= 11 is 0. The zero-order chi connectivity index (χ0) is 28.4. The second-order valence-electron chi connectivity index (χ2n) is 9.37. The molecule has 0 heterocycles. The van der Waals surface area contributed by atoms with Crippen LogP contribution in [0, 0.1) is 0 Å². The van der Waals surface area contributed by atoms with Gasteiger partial charge in [0, 0.05) is 12.0 Å². The quantitative estimate of drug-likeness (QED) is 0.182. The van der Waals surface area contributed by atoms with Crippen LogP contribution in [0.3, 0.4) is 0 Å². The highest BCUT2D eigenvalue weighted by Gasteiger charge is 2.63. The van der Waals surface area contributed by atoms with E-state index in [1.165, 1.54) is 42.5 Å². The van der Waals surface area contributed by atoms with Crippen LogP contribution in [0.5, 0.6) is 0 Å². The monoisotopic (exact) mass is 572 g/mol. The molecule has 0 aliphatic rings. The molecule has 0 bridgehead atoms. The van der Waals surface area contributed by atoms with Gasteiger partial charge in [0.05, 0.1) is 15.7 Å². The molecule has 1 unspecified atom stereocenters. The molecule has 0 N–H and O–H groups in total. The summed E-state index contributed by atoms with van der Waals surface area (Å²) in [5, 5.41) is 1.44. The minimum atomic E-state index is -5.24. The van der Waals surface area contributed by atoms with E-state index in [-0.39, 0.29) is 11.1 Å². The van der Waals surface area contributed by atoms with Crippen LogP contribution in [0.2, 0.25) is 0 Å². The third kappa shape index (κ3) is 4.74. The molecule has 0 aliphatic carbocycles. The molecule has 8 heteroatoms. The van der Waals surface area contributed by atoms with Crippen molar-refractivity contribution in [2.24, 2.45) is 0 Å². The summed E-state index contributed by atoms with van der Waals surface area (Å²) in [7, 11) is -10.5. The molecule has 0 radical (unpaired) electrons. The number of alkyl halides is 1. The molecular formula is C32H25FO5S2. The largest absolute Gasteiger partial charge is 0.324 e. The Morgan fingerprint density at radius 3 is 1.57 bits per heavy atom. The Morgan fingerprint density at radius 2 is 1.05 bits per heavy atom. The number of fused-ring (bicyclic) bond motifs is 1. The summed E-state index contributed by atoms with van der Waals surface area (Å²) in [6.07, 6.45) is -0.711. The van der Waals surface area contributed by atoms with Gasteiger partial charge in [-0.3, -0.25) is 4.79 Å². The lowest BCUT2D eigenvalue weighted by molar-refractivity contribution is 0.0960. The number of Topliss-reactive ketones (excluding diaryl/α,β-unsaturated/α-hetero) is 1. The van der Waals surface area contributed by atoms with Gasteiger partial charge >= 0.3 is 4.33 Å². The van der Waals surface area contributed by atoms with Crippen molar-refractivity contribution in [3.8, 4) is 0 Å². The van der Waals surface area contributed by atoms with Gasteiger partial charge in [0.2, 0.25) is 19.7 Å². The van der Waals surface area contributed by atoms with E-state index in [0.29, 0.717) is 5.39 Å². The van der Waals surface area contributed by atoms with Gasteiger partial charge in [-0.2, -0.15) is 0 Å². The fourth-order valence-corrected chi connectivity index (χ4v) is 9.42. The van der Waals surface area contributed by atoms with E-state index in [1.54, 1.807) is 54.6 Å². The predicted octanol–water partition coefficient (Wildman–Crippen LogP) is 6.77. The number of benzene rings is 5. The number of sulfone groups is 2. The van der Waals surface area contributed by atoms with Gasteiger partial charge < -0.3 is 0 Å². The SMILES string of the molecule is O=C(CC(c1ccc2ccccc2c1)C(F)(S(=O)(=O)c1ccccc1)S(=O)(=O)c1ccccc1)c1ccccc1. The molecule has 0 saturated heterocycles. The number of hydrogen-bond donors (Lipinski definition) is 0. The highest BCUT2D eigenvalue weighted by atomic mass is 32.3. The van der Waals surface area contributed by atoms with Gasteiger partial charge in [0.1, 0.15) is 0 Å². The van der Waals surface area contributed by atoms with Crippen LogP contribution < -0.4 is 0 Å². The number of halogens is 1. The molecule has 0 saturated carbocycles. The van der Waals surface area contributed by atoms with Crippen LogP contribution in [0.15, 0.2) is 143 Å². The van der Waals surface area contributed by atoms with E-state index in [0.717, 1.165) is 29.7 Å². The Hall–Kier alpha value is -4.14. The first-order valence-corrected chi connectivity index (χ1v) is 15.5. The Kier molecular flexibility index (Phi) is 7.40. The summed E-state index contributed by atoms with van der Waals surface area (Å²) in [6.45, 7) is 0. The number of carbonyl (C=O) groups is 1. The van der Waals surface area contributed by atoms with Gasteiger partial charge in [0.15, 0.2) is 5.78 Å². The van der Waals surface area contributed by atoms with Crippen LogP contribution in [-0.2, 0) is 19.7 Å². The Bertz CT molecular complexity index is 1800. The zero-order valence-electron chi connectivity index (χ0n) is 21.2. The fourth-order valence-electron chi connectivity index (χ4n) is 4.83. The van der Waals surface area contributed by atoms with Gasteiger partial charge in [-0.25, -0.2) is 21.2 Å². The van der Waals surface area contributed by atoms with Crippen LogP contribution in [0.1, 0.15) is 28.3 Å². The Morgan fingerprint density at radius 1 is 0.600 bits per heavy atom. The zero-order valence-corrected chi connectivity index (χ0v) is 22.9. The van der Waals surface area contributed by atoms with Crippen molar-refractivity contribution in [3.63, 3.8) is 0 Å². The maximum absolute atomic E-state index is 18.0. The van der Waals surface area contributed by atoms with Crippen LogP contribution in [0.4, 0.5) is 4.39 Å². The standard InChI is InChI=1S/C32H25FO5S2/c33-32(39(35,36)28-16-6-2-7-17-28,40(37,38)29-18-8-3-9-19-29)30(23-31(34)25-13-4-1-5-14-25)27-21-20-24-12-10-11-15-26(24)22-27/h1-22,30H,23H2. The third-order valence-corrected chi connectivity index (χ3v) is 12.1. The molecule has 5 aromatic rings. The topological polar surface area (TPSA) is 85.3 Å². The lowest BCUT2D eigenvalue weighted by atomic mass is 9.90. The average molecular weight is 573 g/mol. The van der Waals surface area contributed by atoms with Gasteiger partial charge in [0.25, 0.3) is 0 Å². The molecule has 0 spiro atoms. The number of ketones is 1. The minimum Gasteiger partial charge on any atom is -0.294 e. The highest BCUT2D eigenvalue weighted by molar-refractivity contribution is 8.10. The fraction of sp³-hybridized carbons (Fsp3) is 0.0938. The first-order valence-electron chi connectivity index (χ1n) is 12.5. The van der Waals surface area contributed by atoms with Crippen molar-refractivity contribution in [1.82, 2.24) is 0 Å². The van der Waals surface area contributed by atoms with E-state index in [9.17, 15) is 21.6 Å². The molecule has 40 heavy (non-hydrogen) atoms. The number of carbonyl (C=O) groups excluding carboxylic acids is 1. The average Bonchev–Trinajstić information content (AvgIpc) is 3.00. The molecule has 5 nitrogen and oxygen atoms in total. The summed E-state index contributed by atoms with van der Waals surface area (Å²) in [5.41, 5.74) is 0.286. The summed E-state index contributed by atoms with van der Waals surface area (Å²) in [6, 6.07) is 33.1. The molecule has 0 aromatic heterocycles. The van der Waals surface area contributed by atoms with Crippen LogP contribution >= 0.6 is 0 Å². The molecule has 5 aromatic carbocycles. The van der Waals surface area contributed by atoms with E-state index >= 15 is 4.39 Å². The predicted molar refractivity (Wildman–Crippen MR) is 153 cm³/mol. The van der Waals surface area contributed by atoms with Crippen molar-refractivity contribution in [3.05, 3.63) is 145 Å². The van der Waals surface area contributed by atoms with Crippen LogP contribution in [0.25, 0.3) is 10.8 Å².